The number of hydrogen-bond acceptors (Lipinski definition) is 3. The highest BCUT2D eigenvalue weighted by molar-refractivity contribution is 6.04. The lowest BCUT2D eigenvalue weighted by atomic mass is 9.75. The molecule has 0 bridgehead atoms. The molecule has 1 aliphatic heterocycles. The highest BCUT2D eigenvalue weighted by Gasteiger charge is 2.38. The van der Waals surface area contributed by atoms with Crippen LogP contribution in [0, 0.1) is 0 Å². The molecule has 3 N–H and O–H groups in total. The van der Waals surface area contributed by atoms with Crippen molar-refractivity contribution in [1.82, 2.24) is 15.1 Å². The molecule has 2 atom stereocenters. The Labute approximate surface area is 151 Å². The Kier molecular flexibility index (Phi) is 4.00. The molecule has 4 rings (SSSR count). The lowest BCUT2D eigenvalue weighted by Crippen LogP contribution is -2.49. The number of nitrogens with one attached hydrogen (secondary N) is 1. The van der Waals surface area contributed by atoms with E-state index in [4.69, 9.17) is 5.73 Å². The zero-order valence-electron chi connectivity index (χ0n) is 14.6. The van der Waals surface area contributed by atoms with E-state index in [-0.39, 0.29) is 0 Å². The number of piperidine rings is 1. The van der Waals surface area contributed by atoms with Gasteiger partial charge in [0.05, 0.1) is 11.3 Å². The topological polar surface area (TPSA) is 72.9 Å². The third kappa shape index (κ3) is 2.66. The molecule has 1 aromatic heterocycles. The van der Waals surface area contributed by atoms with Crippen molar-refractivity contribution in [2.45, 2.75) is 24.9 Å². The van der Waals surface area contributed by atoms with Crippen molar-refractivity contribution >= 4 is 16.8 Å². The first-order chi connectivity index (χ1) is 12.5. The van der Waals surface area contributed by atoms with Crippen LogP contribution in [-0.2, 0) is 5.41 Å². The maximum atomic E-state index is 14.5. The van der Waals surface area contributed by atoms with Crippen molar-refractivity contribution in [2.75, 3.05) is 13.1 Å². The molecule has 0 radical (unpaired) electrons. The van der Waals surface area contributed by atoms with Gasteiger partial charge in [-0.15, -0.1) is 0 Å². The van der Waals surface area contributed by atoms with E-state index < -0.39 is 17.5 Å². The van der Waals surface area contributed by atoms with Crippen LogP contribution in [0.25, 0.3) is 16.6 Å². The number of amides is 1. The molecule has 0 saturated carbocycles. The van der Waals surface area contributed by atoms with Gasteiger partial charge in [0, 0.05) is 23.5 Å². The maximum Gasteiger partial charge on any atom is 0.250 e. The molecule has 26 heavy (non-hydrogen) atoms. The second-order valence-electron chi connectivity index (χ2n) is 7.08. The van der Waals surface area contributed by atoms with Gasteiger partial charge >= 0.3 is 0 Å². The fraction of sp³-hybridized carbons (Fsp3) is 0.300. The molecule has 6 heteroatoms. The number of nitrogens with two attached hydrogens (primary N) is 1. The lowest BCUT2D eigenvalue weighted by Gasteiger charge is -2.38. The van der Waals surface area contributed by atoms with Gasteiger partial charge in [-0.1, -0.05) is 31.2 Å². The van der Waals surface area contributed by atoms with E-state index in [1.807, 2.05) is 43.5 Å². The predicted molar refractivity (Wildman–Crippen MR) is 99.3 cm³/mol. The number of carbonyl (C=O) groups excluding carboxylic acids is 1. The monoisotopic (exact) mass is 352 g/mol. The average molecular weight is 352 g/mol. The Balaban J connectivity index is 1.70. The van der Waals surface area contributed by atoms with Gasteiger partial charge < -0.3 is 11.1 Å². The first-order valence-corrected chi connectivity index (χ1v) is 8.73. The molecule has 2 aromatic carbocycles. The third-order valence-corrected chi connectivity index (χ3v) is 5.35. The van der Waals surface area contributed by atoms with Crippen LogP contribution < -0.4 is 11.1 Å². The van der Waals surface area contributed by atoms with E-state index in [9.17, 15) is 9.18 Å². The molecule has 1 fully saturated rings. The van der Waals surface area contributed by atoms with Crippen molar-refractivity contribution < 1.29 is 9.18 Å². The molecule has 0 spiro atoms. The molecule has 1 amide bonds. The van der Waals surface area contributed by atoms with Gasteiger partial charge in [0.25, 0.3) is 5.91 Å². The summed E-state index contributed by atoms with van der Waals surface area (Å²) in [6, 6.07) is 13.1. The Hall–Kier alpha value is -2.73. The summed E-state index contributed by atoms with van der Waals surface area (Å²) in [5, 5.41) is 8.64. The molecule has 134 valence electrons. The van der Waals surface area contributed by atoms with Crippen molar-refractivity contribution in [3.63, 3.8) is 0 Å². The van der Waals surface area contributed by atoms with E-state index in [0.29, 0.717) is 24.0 Å². The second-order valence-corrected chi connectivity index (χ2v) is 7.08. The number of primary amides is 1. The number of fused-ring (bicyclic) bond motifs is 1. The highest BCUT2D eigenvalue weighted by atomic mass is 19.1. The van der Waals surface area contributed by atoms with Crippen LogP contribution in [0.3, 0.4) is 0 Å². The fourth-order valence-corrected chi connectivity index (χ4v) is 3.66. The van der Waals surface area contributed by atoms with Crippen LogP contribution in [0.15, 0.2) is 48.7 Å². The summed E-state index contributed by atoms with van der Waals surface area (Å²) in [6.07, 6.45) is 1.53. The van der Waals surface area contributed by atoms with Crippen LogP contribution in [0.4, 0.5) is 4.39 Å². The Morgan fingerprint density at radius 1 is 1.31 bits per heavy atom. The van der Waals surface area contributed by atoms with E-state index in [0.717, 1.165) is 23.2 Å². The minimum atomic E-state index is -0.861. The van der Waals surface area contributed by atoms with Gasteiger partial charge in [0.2, 0.25) is 0 Å². The molecule has 2 heterocycles. The van der Waals surface area contributed by atoms with Crippen LogP contribution in [0.1, 0.15) is 29.3 Å². The van der Waals surface area contributed by atoms with Gasteiger partial charge in [-0.05, 0) is 36.7 Å². The summed E-state index contributed by atoms with van der Waals surface area (Å²) in [7, 11) is 0. The molecule has 5 nitrogen and oxygen atoms in total. The zero-order valence-corrected chi connectivity index (χ0v) is 14.6. The van der Waals surface area contributed by atoms with E-state index in [1.165, 1.54) is 0 Å². The zero-order chi connectivity index (χ0) is 18.3. The van der Waals surface area contributed by atoms with Crippen molar-refractivity contribution in [1.29, 1.82) is 0 Å². The number of halogens is 1. The van der Waals surface area contributed by atoms with Crippen LogP contribution in [0.2, 0.25) is 0 Å². The highest BCUT2D eigenvalue weighted by Crippen LogP contribution is 2.33. The number of nitrogens with zero attached hydrogens (tertiary/aromatic N) is 2. The number of benzene rings is 2. The summed E-state index contributed by atoms with van der Waals surface area (Å²) in [4.78, 5) is 11.6. The number of alkyl halides is 1. The van der Waals surface area contributed by atoms with Crippen molar-refractivity contribution in [2.24, 2.45) is 5.73 Å². The maximum absolute atomic E-state index is 14.5. The largest absolute Gasteiger partial charge is 0.366 e. The SMILES string of the molecule is CC1(c2ccc(-n3cc4cccc(C(N)=O)c4n3)cc2)CNCCC1F. The quantitative estimate of drug-likeness (QED) is 0.761. The van der Waals surface area contributed by atoms with Crippen LogP contribution in [0.5, 0.6) is 0 Å². The second kappa shape index (κ2) is 6.21. The van der Waals surface area contributed by atoms with Crippen molar-refractivity contribution in [3.8, 4) is 5.69 Å². The minimum absolute atomic E-state index is 0.402. The predicted octanol–water partition coefficient (Wildman–Crippen LogP) is 2.71. The number of rotatable bonds is 3. The number of aromatic nitrogens is 2. The van der Waals surface area contributed by atoms with Crippen molar-refractivity contribution in [3.05, 3.63) is 59.8 Å². The molecule has 1 aliphatic rings. The first-order valence-electron chi connectivity index (χ1n) is 8.73. The third-order valence-electron chi connectivity index (χ3n) is 5.35. The first kappa shape index (κ1) is 16.7. The molecule has 3 aromatic rings. The number of hydrogen-bond donors (Lipinski definition) is 2. The average Bonchev–Trinajstić information content (AvgIpc) is 3.08. The minimum Gasteiger partial charge on any atom is -0.366 e. The molecule has 1 saturated heterocycles. The number of carbonyl (C=O) groups is 1. The molecule has 2 unspecified atom stereocenters. The van der Waals surface area contributed by atoms with Gasteiger partial charge in [-0.2, -0.15) is 5.10 Å². The summed E-state index contributed by atoms with van der Waals surface area (Å²) in [6.45, 7) is 3.30. The lowest BCUT2D eigenvalue weighted by molar-refractivity contribution is 0.100. The normalized spacial score (nSPS) is 23.2. The Morgan fingerprint density at radius 2 is 2.08 bits per heavy atom. The summed E-state index contributed by atoms with van der Waals surface area (Å²) in [5.41, 5.74) is 7.71. The van der Waals surface area contributed by atoms with E-state index >= 15 is 0 Å². The van der Waals surface area contributed by atoms with Gasteiger partial charge in [-0.3, -0.25) is 4.79 Å². The van der Waals surface area contributed by atoms with E-state index in [1.54, 1.807) is 16.8 Å². The van der Waals surface area contributed by atoms with E-state index in [2.05, 4.69) is 10.4 Å². The Morgan fingerprint density at radius 3 is 2.77 bits per heavy atom. The summed E-state index contributed by atoms with van der Waals surface area (Å²) < 4.78 is 16.2. The Bertz CT molecular complexity index is 966. The van der Waals surface area contributed by atoms with Gasteiger partial charge in [-0.25, -0.2) is 9.07 Å². The summed E-state index contributed by atoms with van der Waals surface area (Å²) in [5.74, 6) is -0.497. The molecule has 0 aliphatic carbocycles. The fourth-order valence-electron chi connectivity index (χ4n) is 3.66. The summed E-state index contributed by atoms with van der Waals surface area (Å²) >= 11 is 0. The standard InChI is InChI=1S/C20H21FN4O/c1-20(12-23-10-9-17(20)21)14-5-7-15(8-6-14)25-11-13-3-2-4-16(19(22)26)18(13)24-25/h2-8,11,17,23H,9-10,12H2,1H3,(H2,22,26). The van der Waals surface area contributed by atoms with Gasteiger partial charge in [0.15, 0.2) is 0 Å². The molecular weight excluding hydrogens is 331 g/mol. The van der Waals surface area contributed by atoms with Crippen LogP contribution in [-0.4, -0.2) is 34.9 Å². The van der Waals surface area contributed by atoms with Crippen LogP contribution >= 0.6 is 0 Å². The molecular formula is C20H21FN4O. The van der Waals surface area contributed by atoms with Gasteiger partial charge in [0.1, 0.15) is 11.7 Å². The smallest absolute Gasteiger partial charge is 0.250 e.